The molecule has 0 bridgehead atoms. The molecule has 9 nitrogen and oxygen atoms in total. The van der Waals surface area contributed by atoms with Gasteiger partial charge in [-0.3, -0.25) is 4.90 Å². The molecule has 2 aromatic carbocycles. The summed E-state index contributed by atoms with van der Waals surface area (Å²) in [6.07, 6.45) is 5.71. The van der Waals surface area contributed by atoms with E-state index in [1.807, 2.05) is 24.3 Å². The molecule has 0 spiro atoms. The maximum Gasteiger partial charge on any atom is 0.416 e. The Bertz CT molecular complexity index is 1340. The van der Waals surface area contributed by atoms with Crippen LogP contribution < -0.4 is 19.7 Å². The number of benzene rings is 2. The van der Waals surface area contributed by atoms with E-state index in [1.165, 1.54) is 25.3 Å². The van der Waals surface area contributed by atoms with E-state index in [-0.39, 0.29) is 36.2 Å². The van der Waals surface area contributed by atoms with Crippen LogP contribution in [0.2, 0.25) is 0 Å². The van der Waals surface area contributed by atoms with E-state index in [0.717, 1.165) is 31.6 Å². The van der Waals surface area contributed by atoms with Gasteiger partial charge in [0.2, 0.25) is 5.95 Å². The number of methoxy groups -OCH3 is 1. The topological polar surface area (TPSA) is 89.0 Å². The van der Waals surface area contributed by atoms with Gasteiger partial charge >= 0.3 is 6.09 Å². The fraction of sp³-hybridized carbons (Fsp3) is 0.500. The second-order valence-corrected chi connectivity index (χ2v) is 11.9. The van der Waals surface area contributed by atoms with Crippen LogP contribution in [0.25, 0.3) is 0 Å². The van der Waals surface area contributed by atoms with Crippen molar-refractivity contribution in [2.45, 2.75) is 66.0 Å². The molecule has 3 aromatic rings. The minimum absolute atomic E-state index is 0.0809. The highest BCUT2D eigenvalue weighted by Gasteiger charge is 2.33. The summed E-state index contributed by atoms with van der Waals surface area (Å²) in [5.41, 5.74) is 1.28. The Morgan fingerprint density at radius 1 is 1.05 bits per heavy atom. The van der Waals surface area contributed by atoms with Gasteiger partial charge in [0.1, 0.15) is 18.2 Å². The Labute approximate surface area is 260 Å². The zero-order chi connectivity index (χ0) is 31.5. The molecular weight excluding hydrogens is 561 g/mol. The molecule has 238 valence electrons. The molecule has 44 heavy (non-hydrogen) atoms. The van der Waals surface area contributed by atoms with Gasteiger partial charge in [-0.05, 0) is 80.1 Å². The highest BCUT2D eigenvalue weighted by atomic mass is 19.1. The molecule has 0 unspecified atom stereocenters. The SMILES string of the molecule is COc1cccc(COC(=O)N(c2ccnc(Nc3ccc(OCCCN4CCCCC4)c(F)c3)n2)C(C(C)C)C(C)C)c1. The number of hydrogen-bond acceptors (Lipinski definition) is 8. The van der Waals surface area contributed by atoms with E-state index in [2.05, 4.69) is 47.9 Å². The summed E-state index contributed by atoms with van der Waals surface area (Å²) in [5, 5.41) is 3.07. The number of carbonyl (C=O) groups is 1. The molecule has 10 heteroatoms. The average molecular weight is 608 g/mol. The Morgan fingerprint density at radius 2 is 1.82 bits per heavy atom. The maximum absolute atomic E-state index is 14.9. The third-order valence-electron chi connectivity index (χ3n) is 7.76. The minimum Gasteiger partial charge on any atom is -0.497 e. The predicted molar refractivity (Wildman–Crippen MR) is 171 cm³/mol. The fourth-order valence-corrected chi connectivity index (χ4v) is 5.73. The normalized spacial score (nSPS) is 13.8. The van der Waals surface area contributed by atoms with Crippen molar-refractivity contribution in [2.24, 2.45) is 11.8 Å². The molecule has 1 aromatic heterocycles. The molecule has 0 saturated carbocycles. The summed E-state index contributed by atoms with van der Waals surface area (Å²) < 4.78 is 31.7. The third-order valence-corrected chi connectivity index (χ3v) is 7.76. The summed E-state index contributed by atoms with van der Waals surface area (Å²) in [5.74, 6) is 1.29. The number of halogens is 1. The standard InChI is InChI=1S/C34H46FN5O4/c1-24(2)32(25(3)4)40(34(41)44-23-26-11-9-12-28(21-26)42-5)31-15-16-36-33(38-31)37-27-13-14-30(29(35)22-27)43-20-10-19-39-17-7-6-8-18-39/h9,11-16,21-22,24-25,32H,6-8,10,17-20,23H2,1-5H3,(H,36,37,38). The molecule has 0 radical (unpaired) electrons. The molecule has 1 N–H and O–H groups in total. The Balaban J connectivity index is 1.44. The van der Waals surface area contributed by atoms with Gasteiger partial charge in [-0.15, -0.1) is 0 Å². The number of ether oxygens (including phenoxy) is 3. The second-order valence-electron chi connectivity index (χ2n) is 11.9. The number of amides is 1. The van der Waals surface area contributed by atoms with E-state index in [4.69, 9.17) is 14.2 Å². The van der Waals surface area contributed by atoms with Gasteiger partial charge < -0.3 is 24.4 Å². The van der Waals surface area contributed by atoms with Gasteiger partial charge in [-0.25, -0.2) is 14.2 Å². The molecule has 1 aliphatic heterocycles. The summed E-state index contributed by atoms with van der Waals surface area (Å²) in [4.78, 5) is 26.6. The van der Waals surface area contributed by atoms with E-state index in [9.17, 15) is 9.18 Å². The molecule has 1 amide bonds. The zero-order valence-corrected chi connectivity index (χ0v) is 26.6. The minimum atomic E-state index is -0.516. The van der Waals surface area contributed by atoms with Crippen molar-refractivity contribution >= 4 is 23.5 Å². The highest BCUT2D eigenvalue weighted by molar-refractivity contribution is 5.87. The number of aromatic nitrogens is 2. The molecule has 0 atom stereocenters. The summed E-state index contributed by atoms with van der Waals surface area (Å²) >= 11 is 0. The first-order chi connectivity index (χ1) is 21.2. The Kier molecular flexibility index (Phi) is 12.2. The second kappa shape index (κ2) is 16.2. The van der Waals surface area contributed by atoms with Crippen LogP contribution in [-0.2, 0) is 11.3 Å². The largest absolute Gasteiger partial charge is 0.497 e. The zero-order valence-electron chi connectivity index (χ0n) is 26.6. The van der Waals surface area contributed by atoms with E-state index < -0.39 is 11.9 Å². The maximum atomic E-state index is 14.9. The average Bonchev–Trinajstić information content (AvgIpc) is 3.02. The molecule has 4 rings (SSSR count). The smallest absolute Gasteiger partial charge is 0.416 e. The van der Waals surface area contributed by atoms with Crippen LogP contribution in [-0.4, -0.2) is 60.4 Å². The number of likely N-dealkylation sites (tertiary alicyclic amines) is 1. The van der Waals surface area contributed by atoms with Crippen molar-refractivity contribution in [3.8, 4) is 11.5 Å². The van der Waals surface area contributed by atoms with Crippen LogP contribution in [0.5, 0.6) is 11.5 Å². The highest BCUT2D eigenvalue weighted by Crippen LogP contribution is 2.28. The summed E-state index contributed by atoms with van der Waals surface area (Å²) in [6, 6.07) is 13.6. The lowest BCUT2D eigenvalue weighted by Gasteiger charge is -2.35. The third kappa shape index (κ3) is 9.29. The lowest BCUT2D eigenvalue weighted by atomic mass is 9.92. The Morgan fingerprint density at radius 3 is 2.52 bits per heavy atom. The van der Waals surface area contributed by atoms with Gasteiger partial charge in [0.05, 0.1) is 13.7 Å². The molecule has 0 aliphatic carbocycles. The van der Waals surface area contributed by atoms with Crippen LogP contribution in [0.3, 0.4) is 0 Å². The number of hydrogen-bond donors (Lipinski definition) is 1. The van der Waals surface area contributed by atoms with Crippen LogP contribution in [0.4, 0.5) is 26.6 Å². The molecule has 2 heterocycles. The number of carbonyl (C=O) groups excluding carboxylic acids is 1. The van der Waals surface area contributed by atoms with Crippen molar-refractivity contribution in [1.82, 2.24) is 14.9 Å². The summed E-state index contributed by atoms with van der Waals surface area (Å²) in [7, 11) is 1.60. The van der Waals surface area contributed by atoms with Gasteiger partial charge in [0, 0.05) is 30.5 Å². The first-order valence-corrected chi connectivity index (χ1v) is 15.6. The van der Waals surface area contributed by atoms with Gasteiger partial charge in [-0.1, -0.05) is 46.2 Å². The first kappa shape index (κ1) is 33.0. The van der Waals surface area contributed by atoms with E-state index in [0.29, 0.717) is 23.9 Å². The quantitative estimate of drug-likeness (QED) is 0.189. The monoisotopic (exact) mass is 607 g/mol. The van der Waals surface area contributed by atoms with Crippen LogP contribution >= 0.6 is 0 Å². The Hall–Kier alpha value is -3.92. The predicted octanol–water partition coefficient (Wildman–Crippen LogP) is 7.45. The van der Waals surface area contributed by atoms with Crippen LogP contribution in [0, 0.1) is 17.7 Å². The molecule has 1 aliphatic rings. The van der Waals surface area contributed by atoms with E-state index >= 15 is 0 Å². The lowest BCUT2D eigenvalue weighted by Crippen LogP contribution is -2.47. The molecular formula is C34H46FN5O4. The molecule has 1 saturated heterocycles. The molecule has 1 fully saturated rings. The van der Waals surface area contributed by atoms with Gasteiger partial charge in [-0.2, -0.15) is 4.98 Å². The fourth-order valence-electron chi connectivity index (χ4n) is 5.73. The number of rotatable bonds is 14. The van der Waals surface area contributed by atoms with Crippen molar-refractivity contribution in [3.63, 3.8) is 0 Å². The van der Waals surface area contributed by atoms with Crippen molar-refractivity contribution in [3.05, 3.63) is 66.1 Å². The van der Waals surface area contributed by atoms with Crippen molar-refractivity contribution < 1.29 is 23.4 Å². The lowest BCUT2D eigenvalue weighted by molar-refractivity contribution is 0.139. The van der Waals surface area contributed by atoms with Crippen molar-refractivity contribution in [2.75, 3.05) is 43.6 Å². The number of nitrogens with zero attached hydrogens (tertiary/aromatic N) is 4. The van der Waals surface area contributed by atoms with Crippen molar-refractivity contribution in [1.29, 1.82) is 0 Å². The number of anilines is 3. The summed E-state index contributed by atoms with van der Waals surface area (Å²) in [6.45, 7) is 12.0. The van der Waals surface area contributed by atoms with Crippen LogP contribution in [0.15, 0.2) is 54.7 Å². The van der Waals surface area contributed by atoms with Gasteiger partial charge in [0.15, 0.2) is 11.6 Å². The number of piperidine rings is 1. The van der Waals surface area contributed by atoms with Crippen LogP contribution in [0.1, 0.15) is 58.9 Å². The number of nitrogens with one attached hydrogen (secondary N) is 1. The van der Waals surface area contributed by atoms with Gasteiger partial charge in [0.25, 0.3) is 0 Å². The van der Waals surface area contributed by atoms with E-state index in [1.54, 1.807) is 36.4 Å². The first-order valence-electron chi connectivity index (χ1n) is 15.6.